The van der Waals surface area contributed by atoms with Crippen molar-refractivity contribution < 1.29 is 22.0 Å². The summed E-state index contributed by atoms with van der Waals surface area (Å²) < 4.78 is 63.7. The van der Waals surface area contributed by atoms with Crippen LogP contribution in [0.2, 0.25) is 0 Å². The van der Waals surface area contributed by atoms with Crippen molar-refractivity contribution >= 4 is 11.3 Å². The van der Waals surface area contributed by atoms with E-state index in [1.165, 1.54) is 12.1 Å². The molecule has 1 unspecified atom stereocenters. The van der Waals surface area contributed by atoms with Gasteiger partial charge in [0.15, 0.2) is 16.6 Å². The fourth-order valence-electron chi connectivity index (χ4n) is 1.48. The summed E-state index contributed by atoms with van der Waals surface area (Å²) in [6.45, 7) is 0. The standard InChI is InChI=1S/C11H7F5N2S/c12-6-3-1-2-5(8(6)13)9(17)7-4-18-10(19-7)11(14,15)16/h1-4,9H,17H2. The molecule has 102 valence electrons. The summed E-state index contributed by atoms with van der Waals surface area (Å²) in [5, 5.41) is -1.07. The zero-order valence-electron chi connectivity index (χ0n) is 9.21. The van der Waals surface area contributed by atoms with Crippen molar-refractivity contribution in [3.63, 3.8) is 0 Å². The van der Waals surface area contributed by atoms with Gasteiger partial charge in [-0.05, 0) is 6.07 Å². The van der Waals surface area contributed by atoms with Gasteiger partial charge in [-0.1, -0.05) is 12.1 Å². The van der Waals surface area contributed by atoms with Crippen LogP contribution in [0.5, 0.6) is 0 Å². The third-order valence-corrected chi connectivity index (χ3v) is 3.51. The normalized spacial score (nSPS) is 13.6. The van der Waals surface area contributed by atoms with Crippen LogP contribution in [-0.4, -0.2) is 4.98 Å². The van der Waals surface area contributed by atoms with Crippen molar-refractivity contribution in [2.75, 3.05) is 0 Å². The van der Waals surface area contributed by atoms with Crippen LogP contribution in [0.1, 0.15) is 21.5 Å². The Labute approximate surface area is 108 Å². The van der Waals surface area contributed by atoms with E-state index in [4.69, 9.17) is 5.73 Å². The molecule has 2 N–H and O–H groups in total. The summed E-state index contributed by atoms with van der Waals surface area (Å²) in [6, 6.07) is 2.17. The SMILES string of the molecule is NC(c1cnc(C(F)(F)F)s1)c1cccc(F)c1F. The fraction of sp³-hybridized carbons (Fsp3) is 0.182. The van der Waals surface area contributed by atoms with Gasteiger partial charge < -0.3 is 5.73 Å². The molecule has 0 amide bonds. The van der Waals surface area contributed by atoms with Gasteiger partial charge in [-0.3, -0.25) is 0 Å². The van der Waals surface area contributed by atoms with Crippen LogP contribution in [-0.2, 0) is 6.18 Å². The molecule has 0 spiro atoms. The van der Waals surface area contributed by atoms with Crippen molar-refractivity contribution in [1.29, 1.82) is 0 Å². The second-order valence-electron chi connectivity index (χ2n) is 3.69. The smallest absolute Gasteiger partial charge is 0.319 e. The highest BCUT2D eigenvalue weighted by molar-refractivity contribution is 7.11. The van der Waals surface area contributed by atoms with Gasteiger partial charge in [0.2, 0.25) is 0 Å². The van der Waals surface area contributed by atoms with E-state index in [-0.39, 0.29) is 10.4 Å². The maximum Gasteiger partial charge on any atom is 0.443 e. The number of nitrogens with two attached hydrogens (primary N) is 1. The van der Waals surface area contributed by atoms with E-state index in [1.54, 1.807) is 0 Å². The lowest BCUT2D eigenvalue weighted by Gasteiger charge is -2.10. The minimum atomic E-state index is -4.58. The summed E-state index contributed by atoms with van der Waals surface area (Å²) in [6.07, 6.45) is -3.66. The van der Waals surface area contributed by atoms with Gasteiger partial charge in [-0.2, -0.15) is 13.2 Å². The minimum Gasteiger partial charge on any atom is -0.319 e. The van der Waals surface area contributed by atoms with Gasteiger partial charge in [-0.15, -0.1) is 11.3 Å². The molecule has 0 saturated heterocycles. The van der Waals surface area contributed by atoms with Crippen LogP contribution in [0.4, 0.5) is 22.0 Å². The zero-order valence-corrected chi connectivity index (χ0v) is 10.0. The van der Waals surface area contributed by atoms with Crippen molar-refractivity contribution in [2.24, 2.45) is 5.73 Å². The van der Waals surface area contributed by atoms with Gasteiger partial charge in [0.05, 0.1) is 6.04 Å². The molecule has 0 bridgehead atoms. The van der Waals surface area contributed by atoms with Crippen molar-refractivity contribution in [1.82, 2.24) is 4.98 Å². The van der Waals surface area contributed by atoms with Crippen molar-refractivity contribution in [3.05, 3.63) is 51.5 Å². The third kappa shape index (κ3) is 2.74. The summed E-state index contributed by atoms with van der Waals surface area (Å²) in [5.41, 5.74) is 5.43. The van der Waals surface area contributed by atoms with E-state index < -0.39 is 28.9 Å². The van der Waals surface area contributed by atoms with Gasteiger partial charge in [0, 0.05) is 16.6 Å². The molecule has 1 aromatic carbocycles. The second-order valence-corrected chi connectivity index (χ2v) is 4.75. The first-order chi connectivity index (χ1) is 8.80. The fourth-order valence-corrected chi connectivity index (χ4v) is 2.28. The van der Waals surface area contributed by atoms with E-state index in [0.717, 1.165) is 12.3 Å². The van der Waals surface area contributed by atoms with Crippen molar-refractivity contribution in [2.45, 2.75) is 12.2 Å². The predicted molar refractivity (Wildman–Crippen MR) is 59.5 cm³/mol. The molecule has 1 aromatic heterocycles. The van der Waals surface area contributed by atoms with E-state index in [0.29, 0.717) is 11.3 Å². The molecular weight excluding hydrogens is 287 g/mol. The molecule has 2 aromatic rings. The highest BCUT2D eigenvalue weighted by Gasteiger charge is 2.35. The van der Waals surface area contributed by atoms with Crippen LogP contribution in [0.3, 0.4) is 0 Å². The highest BCUT2D eigenvalue weighted by atomic mass is 32.1. The third-order valence-electron chi connectivity index (χ3n) is 2.39. The first-order valence-corrected chi connectivity index (χ1v) is 5.84. The number of rotatable bonds is 2. The molecule has 19 heavy (non-hydrogen) atoms. The Kier molecular flexibility index (Phi) is 3.55. The number of nitrogens with zero attached hydrogens (tertiary/aromatic N) is 1. The zero-order chi connectivity index (χ0) is 14.2. The lowest BCUT2D eigenvalue weighted by Crippen LogP contribution is -2.13. The van der Waals surface area contributed by atoms with Gasteiger partial charge in [0.25, 0.3) is 0 Å². The molecule has 0 aliphatic heterocycles. The number of benzene rings is 1. The maximum atomic E-state index is 13.5. The Balaban J connectivity index is 2.37. The van der Waals surface area contributed by atoms with E-state index in [2.05, 4.69) is 4.98 Å². The Bertz CT molecular complexity index is 593. The molecule has 0 radical (unpaired) electrons. The lowest BCUT2D eigenvalue weighted by atomic mass is 10.1. The monoisotopic (exact) mass is 294 g/mol. The van der Waals surface area contributed by atoms with Crippen LogP contribution in [0.25, 0.3) is 0 Å². The average molecular weight is 294 g/mol. The first kappa shape index (κ1) is 13.9. The predicted octanol–water partition coefficient (Wildman–Crippen LogP) is 3.49. The number of alkyl halides is 3. The Morgan fingerprint density at radius 3 is 2.47 bits per heavy atom. The molecule has 0 aliphatic rings. The number of hydrogen-bond acceptors (Lipinski definition) is 3. The molecule has 2 nitrogen and oxygen atoms in total. The second kappa shape index (κ2) is 4.86. The van der Waals surface area contributed by atoms with E-state index >= 15 is 0 Å². The summed E-state index contributed by atoms with van der Waals surface area (Å²) >= 11 is 0.307. The minimum absolute atomic E-state index is 0.0109. The van der Waals surface area contributed by atoms with Crippen molar-refractivity contribution in [3.8, 4) is 0 Å². The molecule has 2 rings (SSSR count). The molecule has 0 fully saturated rings. The Morgan fingerprint density at radius 2 is 1.89 bits per heavy atom. The Morgan fingerprint density at radius 1 is 1.21 bits per heavy atom. The van der Waals surface area contributed by atoms with E-state index in [1.807, 2.05) is 0 Å². The van der Waals surface area contributed by atoms with Gasteiger partial charge >= 0.3 is 6.18 Å². The molecule has 0 aliphatic carbocycles. The lowest BCUT2D eigenvalue weighted by molar-refractivity contribution is -0.137. The molecular formula is C11H7F5N2S. The molecule has 1 atom stereocenters. The van der Waals surface area contributed by atoms with Crippen LogP contribution >= 0.6 is 11.3 Å². The average Bonchev–Trinajstić information content (AvgIpc) is 2.81. The number of thiazole rings is 1. The summed E-state index contributed by atoms with van der Waals surface area (Å²) in [4.78, 5) is 3.19. The Hall–Kier alpha value is -1.54. The van der Waals surface area contributed by atoms with E-state index in [9.17, 15) is 22.0 Å². The summed E-state index contributed by atoms with van der Waals surface area (Å²) in [7, 11) is 0. The number of halogens is 5. The molecule has 0 saturated carbocycles. The maximum absolute atomic E-state index is 13.5. The number of aromatic nitrogens is 1. The molecule has 8 heteroatoms. The first-order valence-electron chi connectivity index (χ1n) is 5.03. The van der Waals surface area contributed by atoms with Crippen LogP contribution in [0, 0.1) is 11.6 Å². The number of hydrogen-bond donors (Lipinski definition) is 1. The highest BCUT2D eigenvalue weighted by Crippen LogP contribution is 2.35. The summed E-state index contributed by atoms with van der Waals surface area (Å²) in [5.74, 6) is -2.27. The van der Waals surface area contributed by atoms with Gasteiger partial charge in [-0.25, -0.2) is 13.8 Å². The van der Waals surface area contributed by atoms with Crippen LogP contribution in [0.15, 0.2) is 24.4 Å². The molecule has 1 heterocycles. The van der Waals surface area contributed by atoms with Gasteiger partial charge in [0.1, 0.15) is 0 Å². The largest absolute Gasteiger partial charge is 0.443 e. The van der Waals surface area contributed by atoms with Crippen LogP contribution < -0.4 is 5.73 Å². The quantitative estimate of drug-likeness (QED) is 0.861. The topological polar surface area (TPSA) is 38.9 Å².